The normalized spacial score (nSPS) is 32.5. The van der Waals surface area contributed by atoms with Crippen molar-refractivity contribution in [3.63, 3.8) is 0 Å². The highest BCUT2D eigenvalue weighted by atomic mass is 14.2. The maximum atomic E-state index is 5.99. The van der Waals surface area contributed by atoms with Crippen molar-refractivity contribution in [3.8, 4) is 0 Å². The maximum Gasteiger partial charge on any atom is 0.0699 e. The highest BCUT2D eigenvalue weighted by molar-refractivity contribution is 6.11. The van der Waals surface area contributed by atoms with Crippen LogP contribution in [0.3, 0.4) is 0 Å². The van der Waals surface area contributed by atoms with Gasteiger partial charge >= 0.3 is 0 Å². The van der Waals surface area contributed by atoms with E-state index in [1.54, 1.807) is 0 Å². The zero-order valence-corrected chi connectivity index (χ0v) is 9.26. The molecular formula is C12H23B. The second-order valence-corrected chi connectivity index (χ2v) is 4.88. The van der Waals surface area contributed by atoms with Gasteiger partial charge in [-0.2, -0.15) is 0 Å². The molecule has 1 fully saturated rings. The second kappa shape index (κ2) is 5.72. The van der Waals surface area contributed by atoms with Crippen LogP contribution in [0.1, 0.15) is 58.8 Å². The zero-order valence-electron chi connectivity index (χ0n) is 9.26. The summed E-state index contributed by atoms with van der Waals surface area (Å²) in [4.78, 5) is 0. The van der Waals surface area contributed by atoms with Crippen molar-refractivity contribution in [1.82, 2.24) is 0 Å². The van der Waals surface area contributed by atoms with Crippen LogP contribution in [0, 0.1) is 11.8 Å². The van der Waals surface area contributed by atoms with Gasteiger partial charge in [-0.15, -0.1) is 0 Å². The lowest BCUT2D eigenvalue weighted by atomic mass is 9.76. The SMILES string of the molecule is [B]C(CC)CC1CCCC(C)CC1. The molecule has 1 aliphatic rings. The van der Waals surface area contributed by atoms with E-state index >= 15 is 0 Å². The van der Waals surface area contributed by atoms with Crippen molar-refractivity contribution in [2.75, 3.05) is 0 Å². The molecule has 1 rings (SSSR count). The molecule has 0 aromatic heterocycles. The molecule has 74 valence electrons. The first kappa shape index (κ1) is 11.1. The van der Waals surface area contributed by atoms with Crippen molar-refractivity contribution in [2.45, 2.75) is 64.6 Å². The molecule has 0 nitrogen and oxygen atoms in total. The summed E-state index contributed by atoms with van der Waals surface area (Å²) in [5.74, 6) is 2.35. The number of rotatable bonds is 3. The quantitative estimate of drug-likeness (QED) is 0.453. The third-order valence-electron chi connectivity index (χ3n) is 3.54. The minimum absolute atomic E-state index is 0.457. The first-order valence-corrected chi connectivity index (χ1v) is 5.98. The molecule has 2 radical (unpaired) electrons. The fourth-order valence-electron chi connectivity index (χ4n) is 2.39. The predicted octanol–water partition coefficient (Wildman–Crippen LogP) is 3.96. The smallest absolute Gasteiger partial charge is 0.0699 e. The molecule has 0 aliphatic heterocycles. The highest BCUT2D eigenvalue weighted by Crippen LogP contribution is 2.32. The summed E-state index contributed by atoms with van der Waals surface area (Å²) in [6, 6.07) is 0. The molecule has 0 saturated heterocycles. The van der Waals surface area contributed by atoms with Gasteiger partial charge in [-0.25, -0.2) is 0 Å². The van der Waals surface area contributed by atoms with Gasteiger partial charge < -0.3 is 0 Å². The Morgan fingerprint density at radius 2 is 2.00 bits per heavy atom. The van der Waals surface area contributed by atoms with Crippen molar-refractivity contribution >= 4 is 7.85 Å². The van der Waals surface area contributed by atoms with Crippen molar-refractivity contribution in [2.24, 2.45) is 11.8 Å². The van der Waals surface area contributed by atoms with E-state index in [4.69, 9.17) is 7.85 Å². The zero-order chi connectivity index (χ0) is 9.68. The van der Waals surface area contributed by atoms with Crippen molar-refractivity contribution in [3.05, 3.63) is 0 Å². The maximum absolute atomic E-state index is 5.99. The van der Waals surface area contributed by atoms with E-state index in [9.17, 15) is 0 Å². The summed E-state index contributed by atoms with van der Waals surface area (Å²) in [5, 5.41) is 0. The van der Waals surface area contributed by atoms with Crippen LogP contribution >= 0.6 is 0 Å². The average molecular weight is 178 g/mol. The van der Waals surface area contributed by atoms with Crippen LogP contribution in [0.15, 0.2) is 0 Å². The van der Waals surface area contributed by atoms with Gasteiger partial charge in [0.05, 0.1) is 7.85 Å². The molecule has 0 amide bonds. The largest absolute Gasteiger partial charge is 0.0774 e. The van der Waals surface area contributed by atoms with Gasteiger partial charge in [0.25, 0.3) is 0 Å². The van der Waals surface area contributed by atoms with Crippen LogP contribution in [0.2, 0.25) is 5.82 Å². The molecule has 13 heavy (non-hydrogen) atoms. The van der Waals surface area contributed by atoms with E-state index < -0.39 is 0 Å². The van der Waals surface area contributed by atoms with Crippen molar-refractivity contribution in [1.29, 1.82) is 0 Å². The first-order chi connectivity index (χ1) is 6.22. The van der Waals surface area contributed by atoms with E-state index in [1.165, 1.54) is 38.5 Å². The second-order valence-electron chi connectivity index (χ2n) is 4.88. The van der Waals surface area contributed by atoms with Crippen LogP contribution in [0.5, 0.6) is 0 Å². The highest BCUT2D eigenvalue weighted by Gasteiger charge is 2.17. The Hall–Kier alpha value is 0.0649. The molecule has 0 spiro atoms. The van der Waals surface area contributed by atoms with Gasteiger partial charge in [-0.05, 0) is 11.8 Å². The number of hydrogen-bond acceptors (Lipinski definition) is 0. The Morgan fingerprint density at radius 3 is 2.69 bits per heavy atom. The molecular weight excluding hydrogens is 155 g/mol. The summed E-state index contributed by atoms with van der Waals surface area (Å²) in [7, 11) is 5.99. The van der Waals surface area contributed by atoms with Gasteiger partial charge in [-0.1, -0.05) is 64.6 Å². The van der Waals surface area contributed by atoms with E-state index in [0.29, 0.717) is 5.82 Å². The lowest BCUT2D eigenvalue weighted by Gasteiger charge is -2.18. The molecule has 0 N–H and O–H groups in total. The Morgan fingerprint density at radius 1 is 1.23 bits per heavy atom. The Kier molecular flexibility index (Phi) is 4.91. The third-order valence-corrected chi connectivity index (χ3v) is 3.54. The van der Waals surface area contributed by atoms with Crippen LogP contribution in [0.4, 0.5) is 0 Å². The van der Waals surface area contributed by atoms with Gasteiger partial charge in [0.15, 0.2) is 0 Å². The van der Waals surface area contributed by atoms with Crippen molar-refractivity contribution < 1.29 is 0 Å². The fourth-order valence-corrected chi connectivity index (χ4v) is 2.39. The summed E-state index contributed by atoms with van der Waals surface area (Å²) < 4.78 is 0. The Balaban J connectivity index is 2.25. The monoisotopic (exact) mass is 178 g/mol. The lowest BCUT2D eigenvalue weighted by molar-refractivity contribution is 0.406. The molecule has 1 heteroatoms. The van der Waals surface area contributed by atoms with Crippen LogP contribution in [-0.2, 0) is 0 Å². The van der Waals surface area contributed by atoms with Gasteiger partial charge in [0.1, 0.15) is 0 Å². The molecule has 1 aliphatic carbocycles. The van der Waals surface area contributed by atoms with E-state index in [0.717, 1.165) is 18.3 Å². The molecule has 1 saturated carbocycles. The Labute approximate surface area is 84.9 Å². The van der Waals surface area contributed by atoms with Gasteiger partial charge in [-0.3, -0.25) is 0 Å². The van der Waals surface area contributed by atoms with E-state index in [-0.39, 0.29) is 0 Å². The first-order valence-electron chi connectivity index (χ1n) is 5.98. The van der Waals surface area contributed by atoms with Gasteiger partial charge in [0, 0.05) is 0 Å². The Bertz CT molecular complexity index is 133. The standard InChI is InChI=1S/C12H23B/c1-3-12(13)9-11-6-4-5-10(2)7-8-11/h10-12H,3-9H2,1-2H3. The minimum Gasteiger partial charge on any atom is -0.0774 e. The van der Waals surface area contributed by atoms with E-state index in [1.807, 2.05) is 0 Å². The average Bonchev–Trinajstić information content (AvgIpc) is 2.31. The molecule has 0 heterocycles. The molecule has 3 unspecified atom stereocenters. The minimum atomic E-state index is 0.457. The lowest BCUT2D eigenvalue weighted by Crippen LogP contribution is -2.04. The van der Waals surface area contributed by atoms with E-state index in [2.05, 4.69) is 13.8 Å². The number of hydrogen-bond donors (Lipinski definition) is 0. The van der Waals surface area contributed by atoms with Crippen LogP contribution in [0.25, 0.3) is 0 Å². The molecule has 0 aromatic carbocycles. The van der Waals surface area contributed by atoms with Gasteiger partial charge in [0.2, 0.25) is 0 Å². The molecule has 3 atom stereocenters. The topological polar surface area (TPSA) is 0 Å². The fraction of sp³-hybridized carbons (Fsp3) is 1.00. The van der Waals surface area contributed by atoms with Crippen LogP contribution < -0.4 is 0 Å². The summed E-state index contributed by atoms with van der Waals surface area (Å²) in [6.07, 6.45) is 9.57. The molecule has 0 bridgehead atoms. The summed E-state index contributed by atoms with van der Waals surface area (Å²) >= 11 is 0. The molecule has 0 aromatic rings. The summed E-state index contributed by atoms with van der Waals surface area (Å²) in [5.41, 5.74) is 0. The third kappa shape index (κ3) is 4.20. The van der Waals surface area contributed by atoms with Crippen LogP contribution in [-0.4, -0.2) is 7.85 Å². The summed E-state index contributed by atoms with van der Waals surface area (Å²) in [6.45, 7) is 4.59. The predicted molar refractivity (Wildman–Crippen MR) is 60.2 cm³/mol.